The number of carbonyl (C=O) groups excluding carboxylic acids is 1. The number of hydrogen-bond acceptors (Lipinski definition) is 4. The first-order chi connectivity index (χ1) is 15.8. The van der Waals surface area contributed by atoms with E-state index in [-0.39, 0.29) is 10.6 Å². The van der Waals surface area contributed by atoms with Gasteiger partial charge in [0, 0.05) is 12.6 Å². The van der Waals surface area contributed by atoms with Crippen LogP contribution in [0.15, 0.2) is 65.6 Å². The van der Waals surface area contributed by atoms with Gasteiger partial charge in [0.05, 0.1) is 16.3 Å². The summed E-state index contributed by atoms with van der Waals surface area (Å²) >= 11 is 0. The first-order valence-corrected chi connectivity index (χ1v) is 11.8. The molecule has 0 bridgehead atoms. The molecule has 0 radical (unpaired) electrons. The molecule has 0 atom stereocenters. The number of benzene rings is 3. The minimum atomic E-state index is -3.77. The molecule has 1 heterocycles. The van der Waals surface area contributed by atoms with Crippen molar-refractivity contribution in [3.63, 3.8) is 0 Å². The zero-order valence-corrected chi connectivity index (χ0v) is 18.7. The molecule has 1 aliphatic rings. The second-order valence-corrected chi connectivity index (χ2v) is 9.56. The van der Waals surface area contributed by atoms with Crippen LogP contribution in [0.1, 0.15) is 17.5 Å². The maximum absolute atomic E-state index is 13.7. The Bertz CT molecular complexity index is 1310. The lowest BCUT2D eigenvalue weighted by atomic mass is 10.0. The van der Waals surface area contributed by atoms with Crippen LogP contribution in [0.3, 0.4) is 0 Å². The molecule has 0 saturated carbocycles. The number of rotatable bonds is 6. The summed E-state index contributed by atoms with van der Waals surface area (Å²) in [5.41, 5.74) is 2.05. The number of nitrogens with zero attached hydrogens (tertiary/aromatic N) is 1. The second-order valence-electron chi connectivity index (χ2n) is 7.70. The number of hydrogen-bond donors (Lipinski definition) is 1. The quantitative estimate of drug-likeness (QED) is 0.576. The summed E-state index contributed by atoms with van der Waals surface area (Å²) in [6.45, 7) is 1.65. The molecule has 172 valence electrons. The third-order valence-electron chi connectivity index (χ3n) is 5.37. The van der Waals surface area contributed by atoms with Gasteiger partial charge in [-0.3, -0.25) is 9.10 Å². The maximum Gasteiger partial charge on any atom is 0.264 e. The van der Waals surface area contributed by atoms with E-state index in [0.29, 0.717) is 29.6 Å². The maximum atomic E-state index is 13.7. The van der Waals surface area contributed by atoms with Crippen LogP contribution in [0.25, 0.3) is 0 Å². The Labute approximate surface area is 190 Å². The number of nitrogens with one attached hydrogen (secondary N) is 1. The van der Waals surface area contributed by atoms with E-state index in [4.69, 9.17) is 4.74 Å². The lowest BCUT2D eigenvalue weighted by Crippen LogP contribution is -2.35. The first kappa shape index (κ1) is 22.7. The fraction of sp³-hybridized carbons (Fsp3) is 0.208. The summed E-state index contributed by atoms with van der Waals surface area (Å²) < 4.78 is 60.2. The third kappa shape index (κ3) is 4.83. The average Bonchev–Trinajstić information content (AvgIpc) is 2.79. The molecule has 3 aromatic rings. The van der Waals surface area contributed by atoms with E-state index in [0.717, 1.165) is 30.5 Å². The third-order valence-corrected chi connectivity index (χ3v) is 7.18. The Balaban J connectivity index is 1.46. The van der Waals surface area contributed by atoms with Gasteiger partial charge in [0.15, 0.2) is 6.61 Å². The second kappa shape index (κ2) is 9.19. The monoisotopic (exact) mass is 472 g/mol. The largest absolute Gasteiger partial charge is 0.483 e. The van der Waals surface area contributed by atoms with Gasteiger partial charge in [-0.2, -0.15) is 0 Å². The minimum absolute atomic E-state index is 0.127. The zero-order valence-electron chi connectivity index (χ0n) is 17.8. The molecule has 0 fully saturated rings. The standard InChI is InChI=1S/C24H22F2N2O4S/c1-16-13-19(33(30,31)28-12-4-6-17-5-2-3-7-22(17)28)9-11-23(16)32-15-24(29)27-21-10-8-18(25)14-20(21)26/h2-3,5,7-11,13-14H,4,6,12,15H2,1H3,(H,27,29). The molecular formula is C24H22F2N2O4S. The van der Waals surface area contributed by atoms with E-state index in [1.807, 2.05) is 18.2 Å². The van der Waals surface area contributed by atoms with Crippen molar-refractivity contribution in [2.45, 2.75) is 24.7 Å². The molecule has 33 heavy (non-hydrogen) atoms. The van der Waals surface area contributed by atoms with E-state index in [2.05, 4.69) is 5.32 Å². The topological polar surface area (TPSA) is 75.7 Å². The lowest BCUT2D eigenvalue weighted by Gasteiger charge is -2.30. The van der Waals surface area contributed by atoms with Gasteiger partial charge in [-0.25, -0.2) is 17.2 Å². The predicted octanol–water partition coefficient (Wildman–Crippen LogP) is 4.43. The molecule has 9 heteroatoms. The molecular weight excluding hydrogens is 450 g/mol. The summed E-state index contributed by atoms with van der Waals surface area (Å²) in [5, 5.41) is 2.31. The molecule has 6 nitrogen and oxygen atoms in total. The van der Waals surface area contributed by atoms with Gasteiger partial charge in [0.25, 0.3) is 15.9 Å². The molecule has 0 unspecified atom stereocenters. The van der Waals surface area contributed by atoms with Crippen LogP contribution in [0.2, 0.25) is 0 Å². The van der Waals surface area contributed by atoms with Crippen molar-refractivity contribution in [2.75, 3.05) is 22.8 Å². The number of halogens is 2. The number of fused-ring (bicyclic) bond motifs is 1. The highest BCUT2D eigenvalue weighted by molar-refractivity contribution is 7.92. The normalized spacial score (nSPS) is 13.4. The summed E-state index contributed by atoms with van der Waals surface area (Å²) in [4.78, 5) is 12.2. The van der Waals surface area contributed by atoms with Crippen molar-refractivity contribution < 1.29 is 26.7 Å². The van der Waals surface area contributed by atoms with Crippen LogP contribution in [-0.2, 0) is 21.2 Å². The fourth-order valence-electron chi connectivity index (χ4n) is 3.74. The predicted molar refractivity (Wildman–Crippen MR) is 121 cm³/mol. The summed E-state index contributed by atoms with van der Waals surface area (Å²) in [6.07, 6.45) is 1.57. The van der Waals surface area contributed by atoms with E-state index < -0.39 is 34.2 Å². The van der Waals surface area contributed by atoms with Crippen LogP contribution in [-0.4, -0.2) is 27.5 Å². The number of ether oxygens (including phenoxy) is 1. The van der Waals surface area contributed by atoms with Crippen molar-refractivity contribution in [1.82, 2.24) is 0 Å². The molecule has 1 amide bonds. The van der Waals surface area contributed by atoms with E-state index >= 15 is 0 Å². The molecule has 1 N–H and O–H groups in total. The molecule has 0 spiro atoms. The van der Waals surface area contributed by atoms with Gasteiger partial charge < -0.3 is 10.1 Å². The molecule has 0 saturated heterocycles. The summed E-state index contributed by atoms with van der Waals surface area (Å²) in [7, 11) is -3.77. The molecule has 1 aliphatic heterocycles. The van der Waals surface area contributed by atoms with Crippen molar-refractivity contribution in [3.8, 4) is 5.75 Å². The molecule has 4 rings (SSSR count). The van der Waals surface area contributed by atoms with Crippen LogP contribution in [0, 0.1) is 18.6 Å². The van der Waals surface area contributed by atoms with E-state index in [1.54, 1.807) is 13.0 Å². The number of para-hydroxylation sites is 1. The highest BCUT2D eigenvalue weighted by atomic mass is 32.2. The Kier molecular flexibility index (Phi) is 6.33. The highest BCUT2D eigenvalue weighted by Crippen LogP contribution is 2.33. The van der Waals surface area contributed by atoms with Crippen molar-refractivity contribution in [3.05, 3.63) is 83.4 Å². The Morgan fingerprint density at radius 1 is 1.09 bits per heavy atom. The molecule has 3 aromatic carbocycles. The smallest absolute Gasteiger partial charge is 0.264 e. The highest BCUT2D eigenvalue weighted by Gasteiger charge is 2.29. The van der Waals surface area contributed by atoms with Gasteiger partial charge in [-0.15, -0.1) is 0 Å². The van der Waals surface area contributed by atoms with Gasteiger partial charge in [0.2, 0.25) is 0 Å². The van der Waals surface area contributed by atoms with Crippen molar-refractivity contribution in [2.24, 2.45) is 0 Å². The van der Waals surface area contributed by atoms with E-state index in [9.17, 15) is 22.0 Å². The van der Waals surface area contributed by atoms with Crippen LogP contribution >= 0.6 is 0 Å². The number of aryl methyl sites for hydroxylation is 2. The SMILES string of the molecule is Cc1cc(S(=O)(=O)N2CCCc3ccccc32)ccc1OCC(=O)Nc1ccc(F)cc1F. The summed E-state index contributed by atoms with van der Waals surface area (Å²) in [6, 6.07) is 14.7. The van der Waals surface area contributed by atoms with E-state index in [1.165, 1.54) is 22.5 Å². The Morgan fingerprint density at radius 2 is 1.88 bits per heavy atom. The van der Waals surface area contributed by atoms with Gasteiger partial charge in [-0.05, 0) is 67.3 Å². The van der Waals surface area contributed by atoms with Crippen LogP contribution in [0.5, 0.6) is 5.75 Å². The Hall–Kier alpha value is -3.46. The van der Waals surface area contributed by atoms with Gasteiger partial charge in [-0.1, -0.05) is 18.2 Å². The first-order valence-electron chi connectivity index (χ1n) is 10.3. The van der Waals surface area contributed by atoms with Crippen LogP contribution in [0.4, 0.5) is 20.2 Å². The number of anilines is 2. The van der Waals surface area contributed by atoms with Crippen molar-refractivity contribution >= 4 is 27.3 Å². The number of amides is 1. The Morgan fingerprint density at radius 3 is 2.64 bits per heavy atom. The summed E-state index contributed by atoms with van der Waals surface area (Å²) in [5.74, 6) is -1.96. The number of carbonyl (C=O) groups is 1. The van der Waals surface area contributed by atoms with Crippen LogP contribution < -0.4 is 14.4 Å². The zero-order chi connectivity index (χ0) is 23.6. The van der Waals surface area contributed by atoms with Crippen molar-refractivity contribution in [1.29, 1.82) is 0 Å². The fourth-order valence-corrected chi connectivity index (χ4v) is 5.37. The number of sulfonamides is 1. The molecule has 0 aliphatic carbocycles. The lowest BCUT2D eigenvalue weighted by molar-refractivity contribution is -0.118. The van der Waals surface area contributed by atoms with Gasteiger partial charge >= 0.3 is 0 Å². The van der Waals surface area contributed by atoms with Gasteiger partial charge in [0.1, 0.15) is 17.4 Å². The molecule has 0 aromatic heterocycles. The average molecular weight is 473 g/mol. The minimum Gasteiger partial charge on any atom is -0.483 e.